The van der Waals surface area contributed by atoms with Crippen molar-refractivity contribution in [1.82, 2.24) is 4.98 Å². The lowest BCUT2D eigenvalue weighted by Crippen LogP contribution is -1.99. The Morgan fingerprint density at radius 2 is 2.24 bits per heavy atom. The fourth-order valence-corrected chi connectivity index (χ4v) is 2.81. The number of aromatic carboxylic acids is 1. The minimum Gasteiger partial charge on any atom is -0.493 e. The van der Waals surface area contributed by atoms with Gasteiger partial charge in [-0.2, -0.15) is 0 Å². The van der Waals surface area contributed by atoms with E-state index in [1.807, 2.05) is 0 Å². The monoisotopic (exact) mass is 325 g/mol. The van der Waals surface area contributed by atoms with Gasteiger partial charge < -0.3 is 9.84 Å². The molecule has 112 valence electrons. The van der Waals surface area contributed by atoms with E-state index < -0.39 is 5.97 Å². The van der Waals surface area contributed by atoms with Crippen LogP contribution in [0.1, 0.15) is 36.7 Å². The van der Waals surface area contributed by atoms with Crippen molar-refractivity contribution in [3.05, 3.63) is 34.3 Å². The van der Waals surface area contributed by atoms with Gasteiger partial charge in [0, 0.05) is 10.4 Å². The highest BCUT2D eigenvalue weighted by atomic mass is 35.5. The van der Waals surface area contributed by atoms with E-state index in [-0.39, 0.29) is 5.69 Å². The summed E-state index contributed by atoms with van der Waals surface area (Å²) < 4.78 is 5.78. The minimum atomic E-state index is -1.04. The van der Waals surface area contributed by atoms with E-state index in [1.165, 1.54) is 16.7 Å². The van der Waals surface area contributed by atoms with Crippen LogP contribution in [-0.2, 0) is 0 Å². The fraction of sp³-hybridized carbons (Fsp3) is 0.333. The predicted molar refractivity (Wildman–Crippen MR) is 84.5 cm³/mol. The van der Waals surface area contributed by atoms with Gasteiger partial charge >= 0.3 is 5.97 Å². The Bertz CT molecular complexity index is 627. The molecule has 0 unspecified atom stereocenters. The zero-order chi connectivity index (χ0) is 15.2. The van der Waals surface area contributed by atoms with E-state index in [0.29, 0.717) is 22.4 Å². The van der Waals surface area contributed by atoms with Crippen LogP contribution in [0.15, 0.2) is 23.6 Å². The van der Waals surface area contributed by atoms with Gasteiger partial charge in [0.1, 0.15) is 10.8 Å². The molecule has 0 saturated carbocycles. The molecule has 1 N–H and O–H groups in total. The highest BCUT2D eigenvalue weighted by molar-refractivity contribution is 7.13. The largest absolute Gasteiger partial charge is 0.493 e. The van der Waals surface area contributed by atoms with Crippen molar-refractivity contribution < 1.29 is 14.6 Å². The van der Waals surface area contributed by atoms with Crippen LogP contribution in [-0.4, -0.2) is 22.7 Å². The smallest absolute Gasteiger partial charge is 0.355 e. The van der Waals surface area contributed by atoms with Crippen molar-refractivity contribution >= 4 is 28.9 Å². The second-order valence-corrected chi connectivity index (χ2v) is 5.83. The zero-order valence-corrected chi connectivity index (χ0v) is 13.2. The average Bonchev–Trinajstić information content (AvgIpc) is 2.94. The summed E-state index contributed by atoms with van der Waals surface area (Å²) in [4.78, 5) is 15.0. The van der Waals surface area contributed by atoms with Crippen molar-refractivity contribution in [2.24, 2.45) is 0 Å². The second kappa shape index (κ2) is 7.43. The number of carbonyl (C=O) groups is 1. The van der Waals surface area contributed by atoms with Gasteiger partial charge in [0.25, 0.3) is 0 Å². The van der Waals surface area contributed by atoms with E-state index >= 15 is 0 Å². The predicted octanol–water partition coefficient (Wildman–Crippen LogP) is 4.73. The molecule has 0 atom stereocenters. The van der Waals surface area contributed by atoms with Crippen LogP contribution in [0.5, 0.6) is 5.75 Å². The van der Waals surface area contributed by atoms with Crippen molar-refractivity contribution in [2.75, 3.05) is 6.61 Å². The van der Waals surface area contributed by atoms with E-state index in [4.69, 9.17) is 21.4 Å². The van der Waals surface area contributed by atoms with Crippen LogP contribution in [0, 0.1) is 0 Å². The lowest BCUT2D eigenvalue weighted by molar-refractivity contribution is 0.0691. The first-order valence-corrected chi connectivity index (χ1v) is 7.99. The molecule has 1 heterocycles. The standard InChI is InChI=1S/C15H16ClNO3S/c1-2-3-4-7-20-13-6-5-10(16)8-11(13)14-17-12(9-21-14)15(18)19/h5-6,8-9H,2-4,7H2,1H3,(H,18,19). The molecule has 4 nitrogen and oxygen atoms in total. The fourth-order valence-electron chi connectivity index (χ4n) is 1.83. The van der Waals surface area contributed by atoms with Crippen molar-refractivity contribution in [3.8, 4) is 16.3 Å². The summed E-state index contributed by atoms with van der Waals surface area (Å²) in [6, 6.07) is 5.30. The Labute approximate surface area is 132 Å². The van der Waals surface area contributed by atoms with Gasteiger partial charge in [-0.3, -0.25) is 0 Å². The quantitative estimate of drug-likeness (QED) is 0.747. The SMILES string of the molecule is CCCCCOc1ccc(Cl)cc1-c1nc(C(=O)O)cs1. The van der Waals surface area contributed by atoms with E-state index in [9.17, 15) is 4.79 Å². The van der Waals surface area contributed by atoms with E-state index in [0.717, 1.165) is 24.8 Å². The van der Waals surface area contributed by atoms with Crippen LogP contribution in [0.4, 0.5) is 0 Å². The van der Waals surface area contributed by atoms with Crippen LogP contribution in [0.2, 0.25) is 5.02 Å². The number of carboxylic acids is 1. The third kappa shape index (κ3) is 4.19. The summed E-state index contributed by atoms with van der Waals surface area (Å²) in [6.07, 6.45) is 3.23. The normalized spacial score (nSPS) is 10.6. The second-order valence-electron chi connectivity index (χ2n) is 4.54. The third-order valence-corrected chi connectivity index (χ3v) is 4.01. The number of halogens is 1. The number of aromatic nitrogens is 1. The molecule has 0 radical (unpaired) electrons. The van der Waals surface area contributed by atoms with Crippen LogP contribution in [0.25, 0.3) is 10.6 Å². The van der Waals surface area contributed by atoms with Gasteiger partial charge in [0.05, 0.1) is 12.2 Å². The van der Waals surface area contributed by atoms with Gasteiger partial charge in [-0.1, -0.05) is 31.4 Å². The molecule has 2 rings (SSSR count). The molecule has 0 fully saturated rings. The molecule has 0 spiro atoms. The van der Waals surface area contributed by atoms with Gasteiger partial charge in [-0.15, -0.1) is 11.3 Å². The summed E-state index contributed by atoms with van der Waals surface area (Å²) in [6.45, 7) is 2.76. The first kappa shape index (κ1) is 15.8. The Morgan fingerprint density at radius 1 is 1.43 bits per heavy atom. The Kier molecular flexibility index (Phi) is 5.59. The summed E-state index contributed by atoms with van der Waals surface area (Å²) in [5.74, 6) is -0.355. The van der Waals surface area contributed by atoms with Gasteiger partial charge in [0.2, 0.25) is 0 Å². The van der Waals surface area contributed by atoms with Crippen LogP contribution in [0.3, 0.4) is 0 Å². The average molecular weight is 326 g/mol. The van der Waals surface area contributed by atoms with Gasteiger partial charge in [-0.25, -0.2) is 9.78 Å². The minimum absolute atomic E-state index is 0.0342. The Morgan fingerprint density at radius 3 is 2.90 bits per heavy atom. The number of benzene rings is 1. The molecule has 0 aliphatic rings. The highest BCUT2D eigenvalue weighted by Gasteiger charge is 2.14. The number of unbranched alkanes of at least 4 members (excludes halogenated alkanes) is 2. The summed E-state index contributed by atoms with van der Waals surface area (Å²) in [5, 5.41) is 11.6. The Hall–Kier alpha value is -1.59. The van der Waals surface area contributed by atoms with Crippen molar-refractivity contribution in [3.63, 3.8) is 0 Å². The van der Waals surface area contributed by atoms with Gasteiger partial charge in [-0.05, 0) is 24.6 Å². The molecule has 0 bridgehead atoms. The lowest BCUT2D eigenvalue weighted by atomic mass is 10.2. The van der Waals surface area contributed by atoms with Crippen LogP contribution < -0.4 is 4.74 Å². The number of nitrogens with zero attached hydrogens (tertiary/aromatic N) is 1. The van der Waals surface area contributed by atoms with Crippen molar-refractivity contribution in [2.45, 2.75) is 26.2 Å². The molecule has 21 heavy (non-hydrogen) atoms. The molecule has 6 heteroatoms. The van der Waals surface area contributed by atoms with Gasteiger partial charge in [0.15, 0.2) is 5.69 Å². The number of ether oxygens (including phenoxy) is 1. The van der Waals surface area contributed by atoms with E-state index in [1.54, 1.807) is 18.2 Å². The number of hydrogen-bond donors (Lipinski definition) is 1. The summed E-state index contributed by atoms with van der Waals surface area (Å²) in [5.41, 5.74) is 0.767. The molecule has 0 saturated heterocycles. The molecule has 2 aromatic rings. The van der Waals surface area contributed by atoms with Crippen LogP contribution >= 0.6 is 22.9 Å². The zero-order valence-electron chi connectivity index (χ0n) is 11.6. The molecule has 0 aliphatic heterocycles. The molecule has 1 aromatic heterocycles. The first-order valence-electron chi connectivity index (χ1n) is 6.73. The third-order valence-electron chi connectivity index (χ3n) is 2.90. The first-order chi connectivity index (χ1) is 10.1. The molecular weight excluding hydrogens is 310 g/mol. The summed E-state index contributed by atoms with van der Waals surface area (Å²) >= 11 is 7.29. The molecular formula is C15H16ClNO3S. The topological polar surface area (TPSA) is 59.4 Å². The number of thiazole rings is 1. The van der Waals surface area contributed by atoms with E-state index in [2.05, 4.69) is 11.9 Å². The molecule has 1 aromatic carbocycles. The van der Waals surface area contributed by atoms with Crippen molar-refractivity contribution in [1.29, 1.82) is 0 Å². The number of hydrogen-bond acceptors (Lipinski definition) is 4. The molecule has 0 amide bonds. The Balaban J connectivity index is 2.23. The maximum atomic E-state index is 10.9. The number of carboxylic acid groups (broad SMARTS) is 1. The summed E-state index contributed by atoms with van der Waals surface area (Å²) in [7, 11) is 0. The number of rotatable bonds is 7. The maximum absolute atomic E-state index is 10.9. The molecule has 0 aliphatic carbocycles. The maximum Gasteiger partial charge on any atom is 0.355 e. The highest BCUT2D eigenvalue weighted by Crippen LogP contribution is 2.34. The lowest BCUT2D eigenvalue weighted by Gasteiger charge is -2.10.